The molecule has 0 radical (unpaired) electrons. The van der Waals surface area contributed by atoms with Gasteiger partial charge in [0.2, 0.25) is 5.91 Å². The molecule has 0 aliphatic rings. The van der Waals surface area contributed by atoms with Crippen molar-refractivity contribution in [2.45, 2.75) is 24.3 Å². The quantitative estimate of drug-likeness (QED) is 0.739. The van der Waals surface area contributed by atoms with Crippen molar-refractivity contribution in [1.29, 1.82) is 0 Å². The van der Waals surface area contributed by atoms with Crippen molar-refractivity contribution >= 4 is 17.7 Å². The van der Waals surface area contributed by atoms with Crippen LogP contribution < -0.4 is 11.1 Å². The van der Waals surface area contributed by atoms with Crippen LogP contribution in [0.1, 0.15) is 12.0 Å². The number of aryl methyl sites for hydroxylation is 1. The summed E-state index contributed by atoms with van der Waals surface area (Å²) in [5, 5.41) is 2.91. The van der Waals surface area contributed by atoms with E-state index in [2.05, 4.69) is 36.5 Å². The first-order valence-electron chi connectivity index (χ1n) is 5.29. The van der Waals surface area contributed by atoms with Gasteiger partial charge >= 0.3 is 0 Å². The van der Waals surface area contributed by atoms with Crippen molar-refractivity contribution in [1.82, 2.24) is 5.32 Å². The molecule has 3 nitrogen and oxygen atoms in total. The molecule has 0 saturated carbocycles. The molecule has 0 aliphatic heterocycles. The van der Waals surface area contributed by atoms with Gasteiger partial charge in [0, 0.05) is 4.90 Å². The predicted molar refractivity (Wildman–Crippen MR) is 68.6 cm³/mol. The molecular formula is C12H18N2OS. The van der Waals surface area contributed by atoms with Crippen molar-refractivity contribution in [3.63, 3.8) is 0 Å². The van der Waals surface area contributed by atoms with E-state index in [1.807, 2.05) is 0 Å². The number of amides is 1. The Labute approximate surface area is 101 Å². The fourth-order valence-electron chi connectivity index (χ4n) is 1.36. The Kier molecular flexibility index (Phi) is 5.35. The van der Waals surface area contributed by atoms with E-state index < -0.39 is 0 Å². The third kappa shape index (κ3) is 4.24. The van der Waals surface area contributed by atoms with Gasteiger partial charge in [0.1, 0.15) is 0 Å². The monoisotopic (exact) mass is 238 g/mol. The second-order valence-corrected chi connectivity index (χ2v) is 4.86. The molecule has 88 valence electrons. The molecule has 3 N–H and O–H groups in total. The summed E-state index contributed by atoms with van der Waals surface area (Å²) in [5.74, 6) is 0.601. The van der Waals surface area contributed by atoms with Gasteiger partial charge < -0.3 is 11.1 Å². The Morgan fingerprint density at radius 2 is 2.06 bits per heavy atom. The number of carbonyl (C=O) groups is 1. The molecule has 1 aromatic rings. The summed E-state index contributed by atoms with van der Waals surface area (Å²) >= 11 is 1.74. The molecule has 0 fully saturated rings. The summed E-state index contributed by atoms with van der Waals surface area (Å²) in [4.78, 5) is 12.2. The van der Waals surface area contributed by atoms with Gasteiger partial charge in [-0.05, 0) is 38.3 Å². The summed E-state index contributed by atoms with van der Waals surface area (Å²) in [7, 11) is 1.76. The van der Waals surface area contributed by atoms with Crippen molar-refractivity contribution in [3.8, 4) is 0 Å². The normalized spacial score (nSPS) is 12.4. The van der Waals surface area contributed by atoms with Gasteiger partial charge in [-0.1, -0.05) is 17.7 Å². The van der Waals surface area contributed by atoms with E-state index in [9.17, 15) is 4.79 Å². The molecule has 0 saturated heterocycles. The first-order valence-corrected chi connectivity index (χ1v) is 6.28. The summed E-state index contributed by atoms with van der Waals surface area (Å²) in [6.45, 7) is 2.07. The van der Waals surface area contributed by atoms with Gasteiger partial charge in [-0.25, -0.2) is 0 Å². The molecule has 0 aromatic heterocycles. The topological polar surface area (TPSA) is 55.1 Å². The van der Waals surface area contributed by atoms with Crippen LogP contribution in [0.3, 0.4) is 0 Å². The molecule has 16 heavy (non-hydrogen) atoms. The van der Waals surface area contributed by atoms with Gasteiger partial charge in [0.15, 0.2) is 0 Å². The summed E-state index contributed by atoms with van der Waals surface area (Å²) in [6, 6.07) is 8.15. The number of likely N-dealkylation sites (N-methyl/N-ethyl adjacent to an activating group) is 1. The number of benzene rings is 1. The zero-order valence-electron chi connectivity index (χ0n) is 9.69. The van der Waals surface area contributed by atoms with Gasteiger partial charge in [-0.3, -0.25) is 4.79 Å². The van der Waals surface area contributed by atoms with E-state index in [0.717, 1.165) is 12.2 Å². The highest BCUT2D eigenvalue weighted by Gasteiger charge is 2.11. The average Bonchev–Trinajstić information content (AvgIpc) is 2.26. The van der Waals surface area contributed by atoms with E-state index in [0.29, 0.717) is 0 Å². The minimum Gasteiger partial charge on any atom is -0.368 e. The Morgan fingerprint density at radius 1 is 1.44 bits per heavy atom. The number of nitrogens with two attached hydrogens (primary N) is 1. The fourth-order valence-corrected chi connectivity index (χ4v) is 2.28. The molecule has 1 atom stereocenters. The summed E-state index contributed by atoms with van der Waals surface area (Å²) in [6.07, 6.45) is 0.754. The number of nitrogens with one attached hydrogen (secondary N) is 1. The van der Waals surface area contributed by atoms with Crippen molar-refractivity contribution in [2.75, 3.05) is 12.8 Å². The fraction of sp³-hybridized carbons (Fsp3) is 0.417. The maximum atomic E-state index is 11.0. The molecule has 0 spiro atoms. The Bertz CT molecular complexity index is 337. The smallest absolute Gasteiger partial charge is 0.234 e. The minimum absolute atomic E-state index is 0.224. The second kappa shape index (κ2) is 6.55. The van der Waals surface area contributed by atoms with E-state index in [1.165, 1.54) is 10.5 Å². The lowest BCUT2D eigenvalue weighted by Gasteiger charge is -2.11. The van der Waals surface area contributed by atoms with E-state index in [4.69, 9.17) is 5.73 Å². The number of thioether (sulfide) groups is 1. The van der Waals surface area contributed by atoms with Crippen LogP contribution in [0.5, 0.6) is 0 Å². The molecule has 1 unspecified atom stereocenters. The first-order chi connectivity index (χ1) is 7.63. The van der Waals surface area contributed by atoms with Gasteiger partial charge in [0.05, 0.1) is 6.04 Å². The molecule has 0 heterocycles. The van der Waals surface area contributed by atoms with Crippen LogP contribution in [0.25, 0.3) is 0 Å². The molecule has 1 amide bonds. The van der Waals surface area contributed by atoms with Gasteiger partial charge in [-0.15, -0.1) is 11.8 Å². The molecule has 0 aliphatic carbocycles. The van der Waals surface area contributed by atoms with E-state index >= 15 is 0 Å². The number of primary amides is 1. The van der Waals surface area contributed by atoms with Crippen LogP contribution in [0, 0.1) is 6.92 Å². The summed E-state index contributed by atoms with van der Waals surface area (Å²) in [5.41, 5.74) is 6.49. The highest BCUT2D eigenvalue weighted by Crippen LogP contribution is 2.19. The van der Waals surface area contributed by atoms with Crippen molar-refractivity contribution in [2.24, 2.45) is 5.73 Å². The Balaban J connectivity index is 2.35. The SMILES string of the molecule is CNC(CCSc1ccc(C)cc1)C(N)=O. The highest BCUT2D eigenvalue weighted by molar-refractivity contribution is 7.99. The van der Waals surface area contributed by atoms with E-state index in [1.54, 1.807) is 18.8 Å². The van der Waals surface area contributed by atoms with Crippen molar-refractivity contribution < 1.29 is 4.79 Å². The number of rotatable bonds is 6. The van der Waals surface area contributed by atoms with Crippen LogP contribution in [-0.4, -0.2) is 24.7 Å². The van der Waals surface area contributed by atoms with Crippen LogP contribution in [-0.2, 0) is 4.79 Å². The number of hydrogen-bond acceptors (Lipinski definition) is 3. The van der Waals surface area contributed by atoms with Crippen LogP contribution in [0.15, 0.2) is 29.2 Å². The molecule has 0 bridgehead atoms. The molecule has 1 aromatic carbocycles. The average molecular weight is 238 g/mol. The lowest BCUT2D eigenvalue weighted by atomic mass is 10.2. The molecular weight excluding hydrogens is 220 g/mol. The molecule has 1 rings (SSSR count). The Hall–Kier alpha value is -1.00. The third-order valence-corrected chi connectivity index (χ3v) is 3.43. The minimum atomic E-state index is -0.285. The zero-order valence-corrected chi connectivity index (χ0v) is 10.5. The largest absolute Gasteiger partial charge is 0.368 e. The second-order valence-electron chi connectivity index (χ2n) is 3.69. The van der Waals surface area contributed by atoms with Crippen LogP contribution in [0.4, 0.5) is 0 Å². The number of hydrogen-bond donors (Lipinski definition) is 2. The highest BCUT2D eigenvalue weighted by atomic mass is 32.2. The Morgan fingerprint density at radius 3 is 2.56 bits per heavy atom. The van der Waals surface area contributed by atoms with Crippen LogP contribution in [0.2, 0.25) is 0 Å². The summed E-state index contributed by atoms with van der Waals surface area (Å²) < 4.78 is 0. The van der Waals surface area contributed by atoms with Crippen molar-refractivity contribution in [3.05, 3.63) is 29.8 Å². The lowest BCUT2D eigenvalue weighted by molar-refractivity contribution is -0.119. The van der Waals surface area contributed by atoms with Gasteiger partial charge in [0.25, 0.3) is 0 Å². The van der Waals surface area contributed by atoms with E-state index in [-0.39, 0.29) is 11.9 Å². The predicted octanol–water partition coefficient (Wildman–Crippen LogP) is 1.55. The number of carbonyl (C=O) groups excluding carboxylic acids is 1. The van der Waals surface area contributed by atoms with Crippen LogP contribution >= 0.6 is 11.8 Å². The van der Waals surface area contributed by atoms with Gasteiger partial charge in [-0.2, -0.15) is 0 Å². The zero-order chi connectivity index (χ0) is 12.0. The standard InChI is InChI=1S/C12H18N2OS/c1-9-3-5-10(6-4-9)16-8-7-11(14-2)12(13)15/h3-6,11,14H,7-8H2,1-2H3,(H2,13,15). The third-order valence-electron chi connectivity index (χ3n) is 2.39. The maximum absolute atomic E-state index is 11.0. The first kappa shape index (κ1) is 13.1. The lowest BCUT2D eigenvalue weighted by Crippen LogP contribution is -2.39. The maximum Gasteiger partial charge on any atom is 0.234 e. The molecule has 4 heteroatoms.